The van der Waals surface area contributed by atoms with Crippen molar-refractivity contribution in [3.8, 4) is 5.75 Å². The predicted octanol–water partition coefficient (Wildman–Crippen LogP) is 4.64. The summed E-state index contributed by atoms with van der Waals surface area (Å²) in [7, 11) is 1.66. The Morgan fingerprint density at radius 2 is 1.88 bits per heavy atom. The monoisotopic (exact) mass is 238 g/mol. The molecule has 1 aliphatic rings. The van der Waals surface area contributed by atoms with E-state index in [2.05, 4.69) is 19.1 Å². The van der Waals surface area contributed by atoms with E-state index in [-0.39, 0.29) is 0 Å². The average Bonchev–Trinajstić information content (AvgIpc) is 2.30. The molecule has 0 N–H and O–H groups in total. The molecule has 0 spiro atoms. The van der Waals surface area contributed by atoms with E-state index in [4.69, 9.17) is 16.3 Å². The number of hydrogen-bond donors (Lipinski definition) is 0. The Morgan fingerprint density at radius 3 is 2.44 bits per heavy atom. The summed E-state index contributed by atoms with van der Waals surface area (Å²) in [5.41, 5.74) is 1.37. The summed E-state index contributed by atoms with van der Waals surface area (Å²) >= 11 is 6.15. The molecule has 1 fully saturated rings. The molecule has 1 nitrogen and oxygen atoms in total. The lowest BCUT2D eigenvalue weighted by molar-refractivity contribution is 0.347. The zero-order valence-electron chi connectivity index (χ0n) is 10.0. The van der Waals surface area contributed by atoms with E-state index in [1.165, 1.54) is 31.2 Å². The van der Waals surface area contributed by atoms with E-state index in [1.807, 2.05) is 6.07 Å². The first-order valence-corrected chi connectivity index (χ1v) is 6.42. The summed E-state index contributed by atoms with van der Waals surface area (Å²) in [4.78, 5) is 0. The lowest BCUT2D eigenvalue weighted by Gasteiger charge is -2.26. The van der Waals surface area contributed by atoms with Crippen LogP contribution < -0.4 is 4.74 Å². The van der Waals surface area contributed by atoms with E-state index in [0.717, 1.165) is 16.7 Å². The summed E-state index contributed by atoms with van der Waals surface area (Å²) in [6.07, 6.45) is 5.27. The van der Waals surface area contributed by atoms with Crippen LogP contribution >= 0.6 is 11.6 Å². The molecule has 1 aromatic rings. The molecular weight excluding hydrogens is 220 g/mol. The molecule has 0 saturated heterocycles. The lowest BCUT2D eigenvalue weighted by Crippen LogP contribution is -2.10. The van der Waals surface area contributed by atoms with Crippen molar-refractivity contribution in [2.75, 3.05) is 7.11 Å². The van der Waals surface area contributed by atoms with Crippen LogP contribution in [0.15, 0.2) is 18.2 Å². The van der Waals surface area contributed by atoms with Gasteiger partial charge in [-0.1, -0.05) is 37.4 Å². The van der Waals surface area contributed by atoms with Gasteiger partial charge in [-0.25, -0.2) is 0 Å². The maximum Gasteiger partial charge on any atom is 0.137 e. The Kier molecular flexibility index (Phi) is 3.75. The molecule has 88 valence electrons. The number of hydrogen-bond acceptors (Lipinski definition) is 1. The third-order valence-corrected chi connectivity index (χ3v) is 3.96. The standard InChI is InChI=1S/C14H19ClO/c1-10-3-5-11(6-4-10)12-7-8-14(16-2)13(15)9-12/h7-11H,3-6H2,1-2H3. The van der Waals surface area contributed by atoms with Gasteiger partial charge in [0.15, 0.2) is 0 Å². The van der Waals surface area contributed by atoms with E-state index in [0.29, 0.717) is 5.92 Å². The van der Waals surface area contributed by atoms with Gasteiger partial charge in [0.1, 0.15) is 5.75 Å². The molecule has 0 amide bonds. The average molecular weight is 239 g/mol. The molecule has 0 unspecified atom stereocenters. The fourth-order valence-corrected chi connectivity index (χ4v) is 2.80. The van der Waals surface area contributed by atoms with Gasteiger partial charge in [0.05, 0.1) is 12.1 Å². The van der Waals surface area contributed by atoms with Crippen molar-refractivity contribution in [3.05, 3.63) is 28.8 Å². The highest BCUT2D eigenvalue weighted by Crippen LogP contribution is 2.37. The van der Waals surface area contributed by atoms with E-state index in [9.17, 15) is 0 Å². The highest BCUT2D eigenvalue weighted by atomic mass is 35.5. The molecule has 1 aliphatic carbocycles. The smallest absolute Gasteiger partial charge is 0.137 e. The van der Waals surface area contributed by atoms with Crippen molar-refractivity contribution < 1.29 is 4.74 Å². The normalized spacial score (nSPS) is 25.4. The van der Waals surface area contributed by atoms with Crippen LogP contribution in [0, 0.1) is 5.92 Å². The molecule has 0 atom stereocenters. The van der Waals surface area contributed by atoms with Crippen molar-refractivity contribution >= 4 is 11.6 Å². The molecule has 0 aromatic heterocycles. The highest BCUT2D eigenvalue weighted by molar-refractivity contribution is 6.32. The molecule has 2 rings (SSSR count). The molecule has 0 bridgehead atoms. The van der Waals surface area contributed by atoms with Gasteiger partial charge in [0, 0.05) is 0 Å². The van der Waals surface area contributed by atoms with Crippen LogP contribution in [0.5, 0.6) is 5.75 Å². The third kappa shape index (κ3) is 2.52. The minimum Gasteiger partial charge on any atom is -0.495 e. The quantitative estimate of drug-likeness (QED) is 0.729. The van der Waals surface area contributed by atoms with Crippen molar-refractivity contribution in [3.63, 3.8) is 0 Å². The molecule has 1 aromatic carbocycles. The van der Waals surface area contributed by atoms with Crippen LogP contribution in [0.2, 0.25) is 5.02 Å². The first kappa shape index (κ1) is 11.8. The Morgan fingerprint density at radius 1 is 1.19 bits per heavy atom. The third-order valence-electron chi connectivity index (χ3n) is 3.66. The molecule has 16 heavy (non-hydrogen) atoms. The van der Waals surface area contributed by atoms with Crippen LogP contribution in [-0.4, -0.2) is 7.11 Å². The lowest BCUT2D eigenvalue weighted by atomic mass is 9.79. The summed E-state index contributed by atoms with van der Waals surface area (Å²) in [5, 5.41) is 0.735. The van der Waals surface area contributed by atoms with Crippen molar-refractivity contribution in [1.82, 2.24) is 0 Å². The summed E-state index contributed by atoms with van der Waals surface area (Å²) in [5.74, 6) is 2.36. The molecule has 0 radical (unpaired) electrons. The molecule has 0 aliphatic heterocycles. The maximum absolute atomic E-state index is 6.15. The van der Waals surface area contributed by atoms with Gasteiger partial charge in [0.25, 0.3) is 0 Å². The minimum absolute atomic E-state index is 0.694. The Hall–Kier alpha value is -0.690. The van der Waals surface area contributed by atoms with Crippen LogP contribution in [0.3, 0.4) is 0 Å². The summed E-state index contributed by atoms with van der Waals surface area (Å²) in [6, 6.07) is 6.21. The van der Waals surface area contributed by atoms with Gasteiger partial charge in [-0.15, -0.1) is 0 Å². The number of benzene rings is 1. The van der Waals surface area contributed by atoms with Gasteiger partial charge < -0.3 is 4.74 Å². The number of rotatable bonds is 2. The zero-order chi connectivity index (χ0) is 11.5. The zero-order valence-corrected chi connectivity index (χ0v) is 10.8. The van der Waals surface area contributed by atoms with Crippen molar-refractivity contribution in [2.45, 2.75) is 38.5 Å². The molecular formula is C14H19ClO. The van der Waals surface area contributed by atoms with Gasteiger partial charge in [0.2, 0.25) is 0 Å². The highest BCUT2D eigenvalue weighted by Gasteiger charge is 2.20. The van der Waals surface area contributed by atoms with Crippen LogP contribution in [0.1, 0.15) is 44.1 Å². The fraction of sp³-hybridized carbons (Fsp3) is 0.571. The topological polar surface area (TPSA) is 9.23 Å². The molecule has 1 saturated carbocycles. The van der Waals surface area contributed by atoms with Gasteiger partial charge in [-0.05, 0) is 42.4 Å². The second-order valence-corrected chi connectivity index (χ2v) is 5.26. The molecule has 0 heterocycles. The van der Waals surface area contributed by atoms with E-state index in [1.54, 1.807) is 7.11 Å². The van der Waals surface area contributed by atoms with Crippen molar-refractivity contribution in [2.24, 2.45) is 5.92 Å². The van der Waals surface area contributed by atoms with E-state index >= 15 is 0 Å². The number of methoxy groups -OCH3 is 1. The van der Waals surface area contributed by atoms with Gasteiger partial charge >= 0.3 is 0 Å². The Labute approximate surface area is 103 Å². The first-order chi connectivity index (χ1) is 7.70. The van der Waals surface area contributed by atoms with Gasteiger partial charge in [-0.2, -0.15) is 0 Å². The Bertz CT molecular complexity index is 354. The summed E-state index contributed by atoms with van der Waals surface area (Å²) in [6.45, 7) is 2.34. The van der Waals surface area contributed by atoms with Crippen LogP contribution in [0.4, 0.5) is 0 Å². The molecule has 2 heteroatoms. The largest absolute Gasteiger partial charge is 0.495 e. The predicted molar refractivity (Wildman–Crippen MR) is 68.4 cm³/mol. The SMILES string of the molecule is COc1ccc(C2CCC(C)CC2)cc1Cl. The van der Waals surface area contributed by atoms with Gasteiger partial charge in [-0.3, -0.25) is 0 Å². The number of ether oxygens (including phenoxy) is 1. The Balaban J connectivity index is 2.12. The first-order valence-electron chi connectivity index (χ1n) is 6.04. The van der Waals surface area contributed by atoms with Crippen molar-refractivity contribution in [1.29, 1.82) is 0 Å². The second-order valence-electron chi connectivity index (χ2n) is 4.85. The minimum atomic E-state index is 0.694. The maximum atomic E-state index is 6.15. The summed E-state index contributed by atoms with van der Waals surface area (Å²) < 4.78 is 5.17. The second kappa shape index (κ2) is 5.09. The fourth-order valence-electron chi connectivity index (χ4n) is 2.53. The number of halogens is 1. The van der Waals surface area contributed by atoms with E-state index < -0.39 is 0 Å². The van der Waals surface area contributed by atoms with Crippen LogP contribution in [0.25, 0.3) is 0 Å². The van der Waals surface area contributed by atoms with Crippen LogP contribution in [-0.2, 0) is 0 Å².